The van der Waals surface area contributed by atoms with E-state index in [1.807, 2.05) is 31.3 Å². The Morgan fingerprint density at radius 3 is 2.69 bits per heavy atom. The average molecular weight is 405 g/mol. The molecular formula is C23H21FN4S. The zero-order valence-corrected chi connectivity index (χ0v) is 17.0. The Bertz CT molecular complexity index is 1160. The SMILES string of the molecule is CN(Cc1ccc(F)cc1)c1nc(-c2cccnc2)nc2sc3c(c12)CCCC3. The molecule has 6 heteroatoms. The lowest BCUT2D eigenvalue weighted by atomic mass is 9.97. The van der Waals surface area contributed by atoms with Crippen molar-refractivity contribution in [2.24, 2.45) is 0 Å². The van der Waals surface area contributed by atoms with Gasteiger partial charge in [0.05, 0.1) is 5.39 Å². The summed E-state index contributed by atoms with van der Waals surface area (Å²) in [5, 5.41) is 1.18. The second-order valence-corrected chi connectivity index (χ2v) is 8.57. The molecule has 0 amide bonds. The predicted octanol–water partition coefficient (Wildman–Crippen LogP) is 5.41. The van der Waals surface area contributed by atoms with E-state index in [0.29, 0.717) is 12.4 Å². The highest BCUT2D eigenvalue weighted by Crippen LogP contribution is 2.40. The van der Waals surface area contributed by atoms with Crippen molar-refractivity contribution in [1.82, 2.24) is 15.0 Å². The van der Waals surface area contributed by atoms with E-state index in [2.05, 4.69) is 9.88 Å². The molecule has 0 saturated carbocycles. The minimum Gasteiger partial charge on any atom is -0.355 e. The second-order valence-electron chi connectivity index (χ2n) is 7.49. The van der Waals surface area contributed by atoms with Crippen molar-refractivity contribution in [2.75, 3.05) is 11.9 Å². The van der Waals surface area contributed by atoms with Crippen LogP contribution in [0, 0.1) is 5.82 Å². The van der Waals surface area contributed by atoms with Gasteiger partial charge in [-0.2, -0.15) is 0 Å². The van der Waals surface area contributed by atoms with Crippen LogP contribution >= 0.6 is 11.3 Å². The smallest absolute Gasteiger partial charge is 0.164 e. The Labute approximate surface area is 173 Å². The number of pyridine rings is 1. The Kier molecular flexibility index (Phi) is 4.72. The minimum atomic E-state index is -0.216. The van der Waals surface area contributed by atoms with Gasteiger partial charge in [0.25, 0.3) is 0 Å². The van der Waals surface area contributed by atoms with Crippen molar-refractivity contribution in [3.05, 3.63) is 70.6 Å². The van der Waals surface area contributed by atoms with E-state index in [1.54, 1.807) is 23.7 Å². The van der Waals surface area contributed by atoms with Crippen LogP contribution in [0.5, 0.6) is 0 Å². The van der Waals surface area contributed by atoms with E-state index in [4.69, 9.17) is 9.97 Å². The lowest BCUT2D eigenvalue weighted by Gasteiger charge is -2.21. The molecule has 3 aromatic heterocycles. The summed E-state index contributed by atoms with van der Waals surface area (Å²) in [7, 11) is 2.05. The molecule has 0 unspecified atom stereocenters. The Morgan fingerprint density at radius 1 is 1.07 bits per heavy atom. The molecule has 3 heterocycles. The predicted molar refractivity (Wildman–Crippen MR) is 116 cm³/mol. The van der Waals surface area contributed by atoms with Gasteiger partial charge in [-0.15, -0.1) is 11.3 Å². The van der Waals surface area contributed by atoms with E-state index in [0.717, 1.165) is 34.6 Å². The number of anilines is 1. The van der Waals surface area contributed by atoms with Gasteiger partial charge in [-0.25, -0.2) is 14.4 Å². The number of fused-ring (bicyclic) bond motifs is 3. The minimum absolute atomic E-state index is 0.216. The molecule has 1 aliphatic carbocycles. The van der Waals surface area contributed by atoms with Crippen LogP contribution in [0.4, 0.5) is 10.2 Å². The molecule has 146 valence electrons. The maximum atomic E-state index is 13.3. The van der Waals surface area contributed by atoms with Gasteiger partial charge in [-0.1, -0.05) is 12.1 Å². The number of benzene rings is 1. The lowest BCUT2D eigenvalue weighted by Crippen LogP contribution is -2.19. The Morgan fingerprint density at radius 2 is 1.90 bits per heavy atom. The normalized spacial score (nSPS) is 13.4. The van der Waals surface area contributed by atoms with Crippen LogP contribution in [0.25, 0.3) is 21.6 Å². The van der Waals surface area contributed by atoms with Crippen molar-refractivity contribution in [3.8, 4) is 11.4 Å². The molecule has 4 aromatic rings. The van der Waals surface area contributed by atoms with Gasteiger partial charge in [-0.05, 0) is 61.1 Å². The fraction of sp³-hybridized carbons (Fsp3) is 0.261. The summed E-state index contributed by atoms with van der Waals surface area (Å²) in [4.78, 5) is 18.8. The molecule has 0 spiro atoms. The largest absolute Gasteiger partial charge is 0.355 e. The number of rotatable bonds is 4. The van der Waals surface area contributed by atoms with Gasteiger partial charge in [0.2, 0.25) is 0 Å². The molecule has 0 atom stereocenters. The highest BCUT2D eigenvalue weighted by molar-refractivity contribution is 7.19. The number of nitrogens with zero attached hydrogens (tertiary/aromatic N) is 4. The Balaban J connectivity index is 1.64. The van der Waals surface area contributed by atoms with E-state index in [9.17, 15) is 4.39 Å². The van der Waals surface area contributed by atoms with Crippen molar-refractivity contribution < 1.29 is 4.39 Å². The third-order valence-corrected chi connectivity index (χ3v) is 6.60. The standard InChI is InChI=1S/C23H21FN4S/c1-28(14-15-8-10-17(24)11-9-15)22-20-18-6-2-3-7-19(18)29-23(20)27-21(26-22)16-5-4-12-25-13-16/h4-5,8-13H,2-3,6-7,14H2,1H3. The van der Waals surface area contributed by atoms with Gasteiger partial charge in [-0.3, -0.25) is 4.98 Å². The number of aryl methyl sites for hydroxylation is 2. The number of halogens is 1. The Hall–Kier alpha value is -2.86. The maximum absolute atomic E-state index is 13.3. The van der Waals surface area contributed by atoms with Crippen LogP contribution in [-0.2, 0) is 19.4 Å². The van der Waals surface area contributed by atoms with E-state index < -0.39 is 0 Å². The van der Waals surface area contributed by atoms with Gasteiger partial charge < -0.3 is 4.90 Å². The van der Waals surface area contributed by atoms with E-state index in [1.165, 1.54) is 40.8 Å². The highest BCUT2D eigenvalue weighted by Gasteiger charge is 2.23. The van der Waals surface area contributed by atoms with E-state index >= 15 is 0 Å². The van der Waals surface area contributed by atoms with Gasteiger partial charge in [0, 0.05) is 36.4 Å². The molecule has 1 aromatic carbocycles. The average Bonchev–Trinajstić information content (AvgIpc) is 3.14. The molecule has 0 bridgehead atoms. The van der Waals surface area contributed by atoms with Crippen molar-refractivity contribution in [2.45, 2.75) is 32.2 Å². The lowest BCUT2D eigenvalue weighted by molar-refractivity contribution is 0.627. The third-order valence-electron chi connectivity index (χ3n) is 5.41. The maximum Gasteiger partial charge on any atom is 0.164 e. The number of hydrogen-bond acceptors (Lipinski definition) is 5. The van der Waals surface area contributed by atoms with E-state index in [-0.39, 0.29) is 5.82 Å². The fourth-order valence-corrected chi connectivity index (χ4v) is 5.23. The zero-order valence-electron chi connectivity index (χ0n) is 16.2. The third kappa shape index (κ3) is 3.49. The molecule has 0 saturated heterocycles. The van der Waals surface area contributed by atoms with Crippen molar-refractivity contribution >= 4 is 27.4 Å². The van der Waals surface area contributed by atoms with Crippen LogP contribution in [0.3, 0.4) is 0 Å². The molecule has 29 heavy (non-hydrogen) atoms. The van der Waals surface area contributed by atoms with Crippen LogP contribution in [-0.4, -0.2) is 22.0 Å². The fourth-order valence-electron chi connectivity index (χ4n) is 3.98. The molecule has 0 fully saturated rings. The number of hydrogen-bond donors (Lipinski definition) is 0. The monoisotopic (exact) mass is 404 g/mol. The molecule has 0 radical (unpaired) electrons. The summed E-state index contributed by atoms with van der Waals surface area (Å²) >= 11 is 1.80. The first-order valence-corrected chi connectivity index (χ1v) is 10.7. The van der Waals surface area contributed by atoms with Crippen LogP contribution in [0.2, 0.25) is 0 Å². The zero-order chi connectivity index (χ0) is 19.8. The van der Waals surface area contributed by atoms with Gasteiger partial charge in [0.15, 0.2) is 5.82 Å². The van der Waals surface area contributed by atoms with Gasteiger partial charge >= 0.3 is 0 Å². The molecule has 0 N–H and O–H groups in total. The van der Waals surface area contributed by atoms with Crippen LogP contribution in [0.15, 0.2) is 48.8 Å². The molecular weight excluding hydrogens is 383 g/mol. The van der Waals surface area contributed by atoms with Gasteiger partial charge in [0.1, 0.15) is 16.5 Å². The molecule has 1 aliphatic rings. The molecule has 4 nitrogen and oxygen atoms in total. The van der Waals surface area contributed by atoms with Crippen LogP contribution < -0.4 is 4.90 Å². The summed E-state index contributed by atoms with van der Waals surface area (Å²) in [6, 6.07) is 10.6. The molecule has 5 rings (SSSR count). The topological polar surface area (TPSA) is 41.9 Å². The summed E-state index contributed by atoms with van der Waals surface area (Å²) in [5.41, 5.74) is 3.37. The summed E-state index contributed by atoms with van der Waals surface area (Å²) in [6.45, 7) is 0.656. The first-order valence-electron chi connectivity index (χ1n) is 9.87. The van der Waals surface area contributed by atoms with Crippen LogP contribution in [0.1, 0.15) is 28.8 Å². The van der Waals surface area contributed by atoms with Crippen molar-refractivity contribution in [3.63, 3.8) is 0 Å². The quantitative estimate of drug-likeness (QED) is 0.456. The summed E-state index contributed by atoms with van der Waals surface area (Å²) < 4.78 is 13.3. The highest BCUT2D eigenvalue weighted by atomic mass is 32.1. The molecule has 0 aliphatic heterocycles. The van der Waals surface area contributed by atoms with Crippen molar-refractivity contribution in [1.29, 1.82) is 0 Å². The first-order chi connectivity index (χ1) is 14.2. The summed E-state index contributed by atoms with van der Waals surface area (Å²) in [6.07, 6.45) is 8.22. The second kappa shape index (κ2) is 7.52. The number of thiophene rings is 1. The summed E-state index contributed by atoms with van der Waals surface area (Å²) in [5.74, 6) is 1.43. The number of aromatic nitrogens is 3. The first kappa shape index (κ1) is 18.2.